The van der Waals surface area contributed by atoms with E-state index in [2.05, 4.69) is 15.5 Å². The van der Waals surface area contributed by atoms with Crippen molar-refractivity contribution in [2.24, 2.45) is 0 Å². The van der Waals surface area contributed by atoms with Gasteiger partial charge in [0.05, 0.1) is 11.9 Å². The van der Waals surface area contributed by atoms with Gasteiger partial charge in [-0.25, -0.2) is 0 Å². The van der Waals surface area contributed by atoms with Crippen LogP contribution in [-0.2, 0) is 0 Å². The zero-order valence-corrected chi connectivity index (χ0v) is 11.4. The fourth-order valence-corrected chi connectivity index (χ4v) is 2.36. The van der Waals surface area contributed by atoms with Crippen molar-refractivity contribution in [1.29, 1.82) is 0 Å². The van der Waals surface area contributed by atoms with E-state index in [0.29, 0.717) is 5.69 Å². The fraction of sp³-hybridized carbons (Fsp3) is 0.357. The predicted molar refractivity (Wildman–Crippen MR) is 74.7 cm³/mol. The Kier molecular flexibility index (Phi) is 3.47. The number of carbonyl (C=O) groups excluding carboxylic acids is 1. The Labute approximate surface area is 117 Å². The third kappa shape index (κ3) is 2.42. The number of para-hydroxylation sites is 1. The van der Waals surface area contributed by atoms with Gasteiger partial charge in [0.1, 0.15) is 0 Å². The number of benzene rings is 1. The van der Waals surface area contributed by atoms with E-state index in [4.69, 9.17) is 0 Å². The maximum absolute atomic E-state index is 12.4. The zero-order valence-electron chi connectivity index (χ0n) is 11.4. The fourth-order valence-electron chi connectivity index (χ4n) is 2.36. The van der Waals surface area contributed by atoms with E-state index in [-0.39, 0.29) is 11.9 Å². The van der Waals surface area contributed by atoms with Crippen LogP contribution in [-0.4, -0.2) is 52.0 Å². The molecular weight excluding hydrogens is 254 g/mol. The summed E-state index contributed by atoms with van der Waals surface area (Å²) in [6.07, 6.45) is 2.50. The van der Waals surface area contributed by atoms with E-state index in [0.717, 1.165) is 25.2 Å². The minimum Gasteiger partial charge on any atom is -0.336 e. The lowest BCUT2D eigenvalue weighted by molar-refractivity contribution is 0.0737. The van der Waals surface area contributed by atoms with Crippen molar-refractivity contribution in [2.45, 2.75) is 12.5 Å². The van der Waals surface area contributed by atoms with Gasteiger partial charge in [-0.2, -0.15) is 9.90 Å². The van der Waals surface area contributed by atoms with Crippen molar-refractivity contribution in [3.05, 3.63) is 42.2 Å². The smallest absolute Gasteiger partial charge is 0.276 e. The number of nitrogens with one attached hydrogen (secondary N) is 1. The Morgan fingerprint density at radius 3 is 2.90 bits per heavy atom. The highest BCUT2D eigenvalue weighted by Crippen LogP contribution is 2.11. The molecule has 1 N–H and O–H groups in total. The van der Waals surface area contributed by atoms with Crippen LogP contribution >= 0.6 is 0 Å². The van der Waals surface area contributed by atoms with Crippen LogP contribution in [0, 0.1) is 0 Å². The average Bonchev–Trinajstić information content (AvgIpc) is 3.18. The molecule has 1 fully saturated rings. The summed E-state index contributed by atoms with van der Waals surface area (Å²) >= 11 is 0. The lowest BCUT2D eigenvalue weighted by atomic mass is 10.2. The molecule has 1 saturated heterocycles. The van der Waals surface area contributed by atoms with E-state index >= 15 is 0 Å². The highest BCUT2D eigenvalue weighted by atomic mass is 16.2. The molecule has 6 heteroatoms. The second-order valence-electron chi connectivity index (χ2n) is 4.92. The topological polar surface area (TPSA) is 63.1 Å². The number of rotatable bonds is 3. The maximum atomic E-state index is 12.4. The summed E-state index contributed by atoms with van der Waals surface area (Å²) in [7, 11) is 1.82. The van der Waals surface area contributed by atoms with Gasteiger partial charge in [0.25, 0.3) is 5.91 Å². The van der Waals surface area contributed by atoms with Crippen LogP contribution in [0.25, 0.3) is 5.69 Å². The van der Waals surface area contributed by atoms with Gasteiger partial charge in [-0.05, 0) is 25.1 Å². The summed E-state index contributed by atoms with van der Waals surface area (Å²) in [5.74, 6) is -0.0825. The monoisotopic (exact) mass is 271 g/mol. The Balaban J connectivity index is 1.78. The predicted octanol–water partition coefficient (Wildman–Crippen LogP) is 0.701. The Morgan fingerprint density at radius 2 is 2.20 bits per heavy atom. The van der Waals surface area contributed by atoms with Gasteiger partial charge in [-0.1, -0.05) is 18.2 Å². The minimum absolute atomic E-state index is 0.0825. The number of amides is 1. The van der Waals surface area contributed by atoms with Crippen LogP contribution < -0.4 is 5.32 Å². The second kappa shape index (κ2) is 5.42. The first-order valence-corrected chi connectivity index (χ1v) is 6.71. The maximum Gasteiger partial charge on any atom is 0.276 e. The highest BCUT2D eigenvalue weighted by molar-refractivity contribution is 5.92. The number of nitrogens with zero attached hydrogens (tertiary/aromatic N) is 4. The summed E-state index contributed by atoms with van der Waals surface area (Å²) in [4.78, 5) is 15.6. The first kappa shape index (κ1) is 12.8. The molecule has 0 bridgehead atoms. The third-order valence-electron chi connectivity index (χ3n) is 3.60. The van der Waals surface area contributed by atoms with Gasteiger partial charge in [-0.3, -0.25) is 4.79 Å². The summed E-state index contributed by atoms with van der Waals surface area (Å²) in [5.41, 5.74) is 1.22. The van der Waals surface area contributed by atoms with Crippen molar-refractivity contribution >= 4 is 5.91 Å². The number of hydrogen-bond acceptors (Lipinski definition) is 4. The van der Waals surface area contributed by atoms with Crippen molar-refractivity contribution in [3.8, 4) is 5.69 Å². The van der Waals surface area contributed by atoms with E-state index in [9.17, 15) is 4.79 Å². The molecule has 1 aromatic heterocycles. The first-order chi connectivity index (χ1) is 9.75. The molecule has 1 aromatic carbocycles. The van der Waals surface area contributed by atoms with Crippen molar-refractivity contribution in [3.63, 3.8) is 0 Å². The van der Waals surface area contributed by atoms with Gasteiger partial charge >= 0.3 is 0 Å². The van der Waals surface area contributed by atoms with E-state index in [1.54, 1.807) is 4.90 Å². The SMILES string of the molecule is CN(C(=O)c1cnn(-c2ccccc2)n1)C1CCNC1. The van der Waals surface area contributed by atoms with Gasteiger partial charge in [0.2, 0.25) is 0 Å². The molecule has 1 aliphatic heterocycles. The molecule has 0 saturated carbocycles. The minimum atomic E-state index is -0.0825. The quantitative estimate of drug-likeness (QED) is 0.892. The van der Waals surface area contributed by atoms with E-state index in [1.165, 1.54) is 11.0 Å². The van der Waals surface area contributed by atoms with Crippen LogP contribution in [0.1, 0.15) is 16.9 Å². The summed E-state index contributed by atoms with van der Waals surface area (Å²) in [6.45, 7) is 1.80. The summed E-state index contributed by atoms with van der Waals surface area (Å²) in [5, 5.41) is 11.7. The van der Waals surface area contributed by atoms with Crippen LogP contribution in [0.3, 0.4) is 0 Å². The Hall–Kier alpha value is -2.21. The molecule has 2 aromatic rings. The molecule has 0 radical (unpaired) electrons. The molecule has 3 rings (SSSR count). The largest absolute Gasteiger partial charge is 0.336 e. The normalized spacial score (nSPS) is 18.1. The molecule has 1 amide bonds. The molecule has 2 heterocycles. The Morgan fingerprint density at radius 1 is 1.40 bits per heavy atom. The van der Waals surface area contributed by atoms with Gasteiger partial charge in [-0.15, -0.1) is 5.10 Å². The van der Waals surface area contributed by atoms with Crippen LogP contribution in [0.5, 0.6) is 0 Å². The summed E-state index contributed by atoms with van der Waals surface area (Å²) in [6, 6.07) is 9.80. The van der Waals surface area contributed by atoms with E-state index < -0.39 is 0 Å². The molecular formula is C14H17N5O. The standard InChI is InChI=1S/C14H17N5O/c1-18(12-7-8-15-9-12)14(20)13-10-16-19(17-13)11-5-3-2-4-6-11/h2-6,10,12,15H,7-9H2,1H3. The Bertz CT molecular complexity index is 589. The van der Waals surface area contributed by atoms with Crippen molar-refractivity contribution in [1.82, 2.24) is 25.2 Å². The molecule has 20 heavy (non-hydrogen) atoms. The second-order valence-corrected chi connectivity index (χ2v) is 4.92. The molecule has 1 unspecified atom stereocenters. The first-order valence-electron chi connectivity index (χ1n) is 6.71. The lowest BCUT2D eigenvalue weighted by Crippen LogP contribution is -2.38. The third-order valence-corrected chi connectivity index (χ3v) is 3.60. The number of carbonyl (C=O) groups is 1. The molecule has 0 spiro atoms. The van der Waals surface area contributed by atoms with Crippen LogP contribution in [0.15, 0.2) is 36.5 Å². The zero-order chi connectivity index (χ0) is 13.9. The highest BCUT2D eigenvalue weighted by Gasteiger charge is 2.25. The average molecular weight is 271 g/mol. The number of likely N-dealkylation sites (N-methyl/N-ethyl adjacent to an activating group) is 1. The molecule has 1 atom stereocenters. The molecule has 104 valence electrons. The van der Waals surface area contributed by atoms with Crippen LogP contribution in [0.2, 0.25) is 0 Å². The van der Waals surface area contributed by atoms with Gasteiger partial charge in [0, 0.05) is 19.6 Å². The van der Waals surface area contributed by atoms with Gasteiger partial charge in [0.15, 0.2) is 5.69 Å². The molecule has 0 aliphatic carbocycles. The lowest BCUT2D eigenvalue weighted by Gasteiger charge is -2.22. The number of hydrogen-bond donors (Lipinski definition) is 1. The van der Waals surface area contributed by atoms with E-state index in [1.807, 2.05) is 37.4 Å². The molecule has 1 aliphatic rings. The van der Waals surface area contributed by atoms with Crippen LogP contribution in [0.4, 0.5) is 0 Å². The van der Waals surface area contributed by atoms with Gasteiger partial charge < -0.3 is 10.2 Å². The molecule has 6 nitrogen and oxygen atoms in total. The number of aromatic nitrogens is 3. The summed E-state index contributed by atoms with van der Waals surface area (Å²) < 4.78 is 0. The van der Waals surface area contributed by atoms with Crippen molar-refractivity contribution in [2.75, 3.05) is 20.1 Å². The van der Waals surface area contributed by atoms with Crippen molar-refractivity contribution < 1.29 is 4.79 Å².